The number of halogens is 3. The Kier molecular flexibility index (Phi) is 3.44. The van der Waals surface area contributed by atoms with Gasteiger partial charge in [0.15, 0.2) is 0 Å². The molecule has 0 aliphatic heterocycles. The van der Waals surface area contributed by atoms with Crippen molar-refractivity contribution < 1.29 is 25.8 Å². The van der Waals surface area contributed by atoms with Crippen LogP contribution in [0, 0.1) is 0 Å². The van der Waals surface area contributed by atoms with Gasteiger partial charge in [-0.2, -0.15) is 21.6 Å². The molecule has 0 saturated heterocycles. The molecule has 1 aromatic carbocycles. The molecule has 1 rings (SSSR count). The van der Waals surface area contributed by atoms with Crippen molar-refractivity contribution in [3.05, 3.63) is 29.8 Å². The van der Waals surface area contributed by atoms with Gasteiger partial charge in [-0.15, -0.1) is 0 Å². The molecule has 16 heavy (non-hydrogen) atoms. The predicted octanol–water partition coefficient (Wildman–Crippen LogP) is 1.37. The standard InChI is InChI=1S/C8H8F3NO3S/c9-8(10,11)16(13,14)15-7-4-2-1-3-6(7)5-12/h1-4H,5,12H2. The second kappa shape index (κ2) is 4.30. The number of hydrogen-bond donors (Lipinski definition) is 1. The van der Waals surface area contributed by atoms with E-state index in [1.54, 1.807) is 0 Å². The minimum atomic E-state index is -5.64. The van der Waals surface area contributed by atoms with Gasteiger partial charge in [0.1, 0.15) is 5.75 Å². The van der Waals surface area contributed by atoms with Crippen molar-refractivity contribution in [3.8, 4) is 5.75 Å². The van der Waals surface area contributed by atoms with E-state index in [1.165, 1.54) is 18.2 Å². The summed E-state index contributed by atoms with van der Waals surface area (Å²) in [5, 5.41) is 0. The second-order valence-electron chi connectivity index (χ2n) is 2.80. The number of nitrogens with two attached hydrogens (primary N) is 1. The van der Waals surface area contributed by atoms with Gasteiger partial charge in [0, 0.05) is 12.1 Å². The summed E-state index contributed by atoms with van der Waals surface area (Å²) < 4.78 is 61.4. The quantitative estimate of drug-likeness (QED) is 0.654. The first-order chi connectivity index (χ1) is 7.28. The Balaban J connectivity index is 3.06. The van der Waals surface area contributed by atoms with Gasteiger partial charge < -0.3 is 9.92 Å². The molecule has 4 nitrogen and oxygen atoms in total. The zero-order valence-corrected chi connectivity index (χ0v) is 8.68. The summed E-state index contributed by atoms with van der Waals surface area (Å²) in [6, 6.07) is 5.34. The number of hydrogen-bond acceptors (Lipinski definition) is 4. The van der Waals surface area contributed by atoms with Crippen LogP contribution < -0.4 is 9.92 Å². The molecule has 0 unspecified atom stereocenters. The fourth-order valence-electron chi connectivity index (χ4n) is 0.919. The maximum Gasteiger partial charge on any atom is 0.534 e. The Morgan fingerprint density at radius 2 is 1.81 bits per heavy atom. The maximum absolute atomic E-state index is 12.0. The Morgan fingerprint density at radius 1 is 1.25 bits per heavy atom. The minimum Gasteiger partial charge on any atom is -0.376 e. The normalized spacial score (nSPS) is 12.5. The van der Waals surface area contributed by atoms with E-state index in [0.717, 1.165) is 6.07 Å². The van der Waals surface area contributed by atoms with Crippen molar-refractivity contribution in [1.82, 2.24) is 0 Å². The van der Waals surface area contributed by atoms with Crippen molar-refractivity contribution >= 4 is 10.1 Å². The van der Waals surface area contributed by atoms with Crippen LogP contribution in [0.15, 0.2) is 24.3 Å². The number of alkyl halides is 3. The highest BCUT2D eigenvalue weighted by Crippen LogP contribution is 2.28. The molecular weight excluding hydrogens is 247 g/mol. The van der Waals surface area contributed by atoms with Crippen LogP contribution in [-0.2, 0) is 16.7 Å². The van der Waals surface area contributed by atoms with Gasteiger partial charge in [-0.25, -0.2) is 0 Å². The van der Waals surface area contributed by atoms with Crippen molar-refractivity contribution in [3.63, 3.8) is 0 Å². The second-order valence-corrected chi connectivity index (χ2v) is 4.33. The lowest BCUT2D eigenvalue weighted by molar-refractivity contribution is -0.0500. The van der Waals surface area contributed by atoms with E-state index in [0.29, 0.717) is 0 Å². The highest BCUT2D eigenvalue weighted by atomic mass is 32.2. The van der Waals surface area contributed by atoms with Gasteiger partial charge in [0.05, 0.1) is 0 Å². The zero-order chi connectivity index (χ0) is 12.4. The average molecular weight is 255 g/mol. The van der Waals surface area contributed by atoms with Gasteiger partial charge in [-0.1, -0.05) is 18.2 Å². The van der Waals surface area contributed by atoms with Crippen LogP contribution in [0.5, 0.6) is 5.75 Å². The van der Waals surface area contributed by atoms with Gasteiger partial charge >= 0.3 is 15.6 Å². The number of para-hydroxylation sites is 1. The third kappa shape index (κ3) is 2.64. The van der Waals surface area contributed by atoms with Gasteiger partial charge in [0.25, 0.3) is 0 Å². The van der Waals surface area contributed by atoms with Crippen molar-refractivity contribution in [2.45, 2.75) is 12.1 Å². The van der Waals surface area contributed by atoms with Gasteiger partial charge in [-0.3, -0.25) is 0 Å². The predicted molar refractivity (Wildman–Crippen MR) is 49.9 cm³/mol. The topological polar surface area (TPSA) is 69.4 Å². The lowest BCUT2D eigenvalue weighted by Crippen LogP contribution is -2.28. The van der Waals surface area contributed by atoms with E-state index in [4.69, 9.17) is 5.73 Å². The highest BCUT2D eigenvalue weighted by Gasteiger charge is 2.48. The molecule has 2 N–H and O–H groups in total. The van der Waals surface area contributed by atoms with Crippen LogP contribution in [-0.4, -0.2) is 13.9 Å². The Hall–Kier alpha value is -1.28. The van der Waals surface area contributed by atoms with Crippen molar-refractivity contribution in [1.29, 1.82) is 0 Å². The third-order valence-electron chi connectivity index (χ3n) is 1.68. The van der Waals surface area contributed by atoms with Crippen LogP contribution in [0.2, 0.25) is 0 Å². The number of benzene rings is 1. The first-order valence-corrected chi connectivity index (χ1v) is 5.47. The lowest BCUT2D eigenvalue weighted by Gasteiger charge is -2.11. The number of rotatable bonds is 3. The molecule has 0 atom stereocenters. The zero-order valence-electron chi connectivity index (χ0n) is 7.86. The summed E-state index contributed by atoms with van der Waals surface area (Å²) in [7, 11) is -5.64. The van der Waals surface area contributed by atoms with Crippen LogP contribution in [0.3, 0.4) is 0 Å². The molecular formula is C8H8F3NO3S. The van der Waals surface area contributed by atoms with Crippen molar-refractivity contribution in [2.75, 3.05) is 0 Å². The SMILES string of the molecule is NCc1ccccc1OS(=O)(=O)C(F)(F)F. The molecule has 8 heteroatoms. The summed E-state index contributed by atoms with van der Waals surface area (Å²) in [5.41, 5.74) is -0.0510. The van der Waals surface area contributed by atoms with E-state index in [9.17, 15) is 21.6 Å². The van der Waals surface area contributed by atoms with Gasteiger partial charge in [0.2, 0.25) is 0 Å². The third-order valence-corrected chi connectivity index (χ3v) is 2.64. The molecule has 0 bridgehead atoms. The molecule has 0 fully saturated rings. The summed E-state index contributed by atoms with van der Waals surface area (Å²) in [6.45, 7) is -0.121. The molecule has 1 aromatic rings. The maximum atomic E-state index is 12.0. The van der Waals surface area contributed by atoms with E-state index in [2.05, 4.69) is 4.18 Å². The molecule has 0 heterocycles. The molecule has 0 aliphatic rings. The van der Waals surface area contributed by atoms with Crippen LogP contribution in [0.4, 0.5) is 13.2 Å². The van der Waals surface area contributed by atoms with E-state index in [1.807, 2.05) is 0 Å². The van der Waals surface area contributed by atoms with Crippen molar-refractivity contribution in [2.24, 2.45) is 5.73 Å². The smallest absolute Gasteiger partial charge is 0.376 e. The monoisotopic (exact) mass is 255 g/mol. The molecule has 90 valence electrons. The van der Waals surface area contributed by atoms with E-state index in [-0.39, 0.29) is 12.1 Å². The van der Waals surface area contributed by atoms with Gasteiger partial charge in [-0.05, 0) is 6.07 Å². The largest absolute Gasteiger partial charge is 0.534 e. The molecule has 0 amide bonds. The van der Waals surface area contributed by atoms with E-state index < -0.39 is 21.4 Å². The Morgan fingerprint density at radius 3 is 2.31 bits per heavy atom. The molecule has 0 aromatic heterocycles. The summed E-state index contributed by atoms with van der Waals surface area (Å²) >= 11 is 0. The minimum absolute atomic E-state index is 0.121. The van der Waals surface area contributed by atoms with Crippen LogP contribution >= 0.6 is 0 Å². The molecule has 0 saturated carbocycles. The first-order valence-electron chi connectivity index (χ1n) is 4.06. The molecule has 0 spiro atoms. The fourth-order valence-corrected chi connectivity index (χ4v) is 1.41. The Labute approximate surface area is 89.9 Å². The molecule has 0 radical (unpaired) electrons. The highest BCUT2D eigenvalue weighted by molar-refractivity contribution is 7.88. The molecule has 0 aliphatic carbocycles. The Bertz CT molecular complexity index is 470. The van der Waals surface area contributed by atoms with E-state index >= 15 is 0 Å². The van der Waals surface area contributed by atoms with Crippen LogP contribution in [0.25, 0.3) is 0 Å². The first kappa shape index (κ1) is 12.8. The average Bonchev–Trinajstić information content (AvgIpc) is 2.16. The lowest BCUT2D eigenvalue weighted by atomic mass is 10.2. The summed E-state index contributed by atoms with van der Waals surface area (Å²) in [5.74, 6) is -0.415. The fraction of sp³-hybridized carbons (Fsp3) is 0.250. The van der Waals surface area contributed by atoms with Crippen LogP contribution in [0.1, 0.15) is 5.56 Å². The summed E-state index contributed by atoms with van der Waals surface area (Å²) in [4.78, 5) is 0. The summed E-state index contributed by atoms with van der Waals surface area (Å²) in [6.07, 6.45) is 0.